The average Bonchev–Trinajstić information content (AvgIpc) is 2.53. The summed E-state index contributed by atoms with van der Waals surface area (Å²) in [4.78, 5) is 16.6. The van der Waals surface area contributed by atoms with E-state index in [-0.39, 0.29) is 12.5 Å². The van der Waals surface area contributed by atoms with Gasteiger partial charge in [0.05, 0.1) is 17.8 Å². The first kappa shape index (κ1) is 15.5. The number of hydrogen-bond acceptors (Lipinski definition) is 4. The molecule has 6 heteroatoms. The Morgan fingerprint density at radius 1 is 1.32 bits per heavy atom. The summed E-state index contributed by atoms with van der Waals surface area (Å²) < 4.78 is 0. The van der Waals surface area contributed by atoms with Crippen LogP contribution in [-0.4, -0.2) is 18.7 Å². The van der Waals surface area contributed by atoms with Crippen LogP contribution in [0.5, 0.6) is 0 Å². The maximum atomic E-state index is 11.7. The van der Waals surface area contributed by atoms with Crippen LogP contribution in [0, 0.1) is 11.3 Å². The van der Waals surface area contributed by atoms with Gasteiger partial charge in [0.1, 0.15) is 0 Å². The molecule has 0 unspecified atom stereocenters. The summed E-state index contributed by atoms with van der Waals surface area (Å²) in [5, 5.41) is 15.7. The SMILES string of the molecule is N#Cc1cccc(NC(=O)CO/N=C\c2ccc(Cl)cc2)c1. The van der Waals surface area contributed by atoms with Crippen LogP contribution >= 0.6 is 11.6 Å². The molecule has 0 aliphatic carbocycles. The molecule has 0 heterocycles. The van der Waals surface area contributed by atoms with E-state index in [0.29, 0.717) is 16.3 Å². The number of carbonyl (C=O) groups excluding carboxylic acids is 1. The normalized spacial score (nSPS) is 10.2. The van der Waals surface area contributed by atoms with Crippen LogP contribution in [0.4, 0.5) is 5.69 Å². The Hall–Kier alpha value is -2.84. The summed E-state index contributed by atoms with van der Waals surface area (Å²) in [5.41, 5.74) is 1.82. The van der Waals surface area contributed by atoms with Gasteiger partial charge in [-0.15, -0.1) is 0 Å². The van der Waals surface area contributed by atoms with Crippen molar-refractivity contribution in [2.45, 2.75) is 0 Å². The fourth-order valence-electron chi connectivity index (χ4n) is 1.61. The minimum Gasteiger partial charge on any atom is -0.386 e. The molecular formula is C16H12ClN3O2. The maximum absolute atomic E-state index is 11.7. The molecular weight excluding hydrogens is 302 g/mol. The van der Waals surface area contributed by atoms with Gasteiger partial charge in [-0.3, -0.25) is 4.79 Å². The van der Waals surface area contributed by atoms with Crippen molar-refractivity contribution in [3.63, 3.8) is 0 Å². The van der Waals surface area contributed by atoms with Gasteiger partial charge in [-0.1, -0.05) is 35.0 Å². The third-order valence-corrected chi connectivity index (χ3v) is 2.87. The van der Waals surface area contributed by atoms with Crippen LogP contribution in [-0.2, 0) is 9.63 Å². The van der Waals surface area contributed by atoms with E-state index < -0.39 is 0 Å². The number of nitrogens with zero attached hydrogens (tertiary/aromatic N) is 2. The summed E-state index contributed by atoms with van der Waals surface area (Å²) in [6.45, 7) is -0.221. The van der Waals surface area contributed by atoms with Crippen LogP contribution in [0.25, 0.3) is 0 Å². The number of oxime groups is 1. The predicted molar refractivity (Wildman–Crippen MR) is 84.8 cm³/mol. The van der Waals surface area contributed by atoms with Crippen molar-refractivity contribution in [2.75, 3.05) is 11.9 Å². The van der Waals surface area contributed by atoms with Gasteiger partial charge in [0.25, 0.3) is 5.91 Å². The molecule has 2 aromatic carbocycles. The molecule has 0 saturated heterocycles. The Bertz CT molecular complexity index is 721. The zero-order chi connectivity index (χ0) is 15.8. The van der Waals surface area contributed by atoms with Gasteiger partial charge in [0.15, 0.2) is 6.61 Å². The fourth-order valence-corrected chi connectivity index (χ4v) is 1.73. The van der Waals surface area contributed by atoms with E-state index in [1.165, 1.54) is 6.21 Å². The van der Waals surface area contributed by atoms with Gasteiger partial charge in [0, 0.05) is 10.7 Å². The van der Waals surface area contributed by atoms with Crippen molar-refractivity contribution >= 4 is 29.4 Å². The Morgan fingerprint density at radius 2 is 2.09 bits per heavy atom. The molecule has 22 heavy (non-hydrogen) atoms. The van der Waals surface area contributed by atoms with Gasteiger partial charge in [-0.2, -0.15) is 5.26 Å². The maximum Gasteiger partial charge on any atom is 0.265 e. The van der Waals surface area contributed by atoms with Crippen LogP contribution < -0.4 is 5.32 Å². The van der Waals surface area contributed by atoms with Crippen molar-refractivity contribution in [3.05, 3.63) is 64.7 Å². The molecule has 2 aromatic rings. The van der Waals surface area contributed by atoms with E-state index in [1.807, 2.05) is 6.07 Å². The lowest BCUT2D eigenvalue weighted by Crippen LogP contribution is -2.17. The number of halogens is 1. The molecule has 0 aliphatic rings. The zero-order valence-electron chi connectivity index (χ0n) is 11.5. The molecule has 0 aliphatic heterocycles. The summed E-state index contributed by atoms with van der Waals surface area (Å²) in [7, 11) is 0. The minimum absolute atomic E-state index is 0.221. The van der Waals surface area contributed by atoms with Crippen molar-refractivity contribution < 1.29 is 9.63 Å². The van der Waals surface area contributed by atoms with E-state index in [1.54, 1.807) is 48.5 Å². The number of anilines is 1. The largest absolute Gasteiger partial charge is 0.386 e. The van der Waals surface area contributed by atoms with Crippen molar-refractivity contribution in [1.82, 2.24) is 0 Å². The number of hydrogen-bond donors (Lipinski definition) is 1. The molecule has 0 bridgehead atoms. The van der Waals surface area contributed by atoms with Gasteiger partial charge < -0.3 is 10.2 Å². The smallest absolute Gasteiger partial charge is 0.265 e. The zero-order valence-corrected chi connectivity index (χ0v) is 12.2. The van der Waals surface area contributed by atoms with Crippen LogP contribution in [0.15, 0.2) is 53.7 Å². The number of carbonyl (C=O) groups is 1. The second-order valence-corrected chi connectivity index (χ2v) is 4.74. The van der Waals surface area contributed by atoms with Gasteiger partial charge in [-0.05, 0) is 35.9 Å². The molecule has 0 spiro atoms. The second kappa shape index (κ2) is 7.81. The van der Waals surface area contributed by atoms with Crippen LogP contribution in [0.3, 0.4) is 0 Å². The Labute approximate surface area is 132 Å². The lowest BCUT2D eigenvalue weighted by atomic mass is 10.2. The Kier molecular flexibility index (Phi) is 5.52. The first-order chi connectivity index (χ1) is 10.7. The fraction of sp³-hybridized carbons (Fsp3) is 0.0625. The summed E-state index contributed by atoms with van der Waals surface area (Å²) in [6, 6.07) is 15.6. The number of nitriles is 1. The van der Waals surface area contributed by atoms with Crippen LogP contribution in [0.1, 0.15) is 11.1 Å². The van der Waals surface area contributed by atoms with E-state index in [4.69, 9.17) is 21.7 Å². The summed E-state index contributed by atoms with van der Waals surface area (Å²) in [5.74, 6) is -0.358. The monoisotopic (exact) mass is 313 g/mol. The second-order valence-electron chi connectivity index (χ2n) is 4.30. The molecule has 1 N–H and O–H groups in total. The molecule has 1 amide bonds. The first-order valence-corrected chi connectivity index (χ1v) is 6.76. The highest BCUT2D eigenvalue weighted by Gasteiger charge is 2.03. The van der Waals surface area contributed by atoms with Gasteiger partial charge in [-0.25, -0.2) is 0 Å². The summed E-state index contributed by atoms with van der Waals surface area (Å²) in [6.07, 6.45) is 1.49. The number of benzene rings is 2. The summed E-state index contributed by atoms with van der Waals surface area (Å²) >= 11 is 5.76. The topological polar surface area (TPSA) is 74.5 Å². The number of rotatable bonds is 5. The molecule has 2 rings (SSSR count). The van der Waals surface area contributed by atoms with E-state index in [2.05, 4.69) is 10.5 Å². The van der Waals surface area contributed by atoms with Crippen molar-refractivity contribution in [3.8, 4) is 6.07 Å². The third-order valence-electron chi connectivity index (χ3n) is 2.62. The quantitative estimate of drug-likeness (QED) is 0.680. The molecule has 5 nitrogen and oxygen atoms in total. The van der Waals surface area contributed by atoms with Crippen molar-refractivity contribution in [1.29, 1.82) is 5.26 Å². The first-order valence-electron chi connectivity index (χ1n) is 6.38. The lowest BCUT2D eigenvalue weighted by molar-refractivity contribution is -0.120. The molecule has 0 saturated carbocycles. The molecule has 0 radical (unpaired) electrons. The lowest BCUT2D eigenvalue weighted by Gasteiger charge is -2.04. The van der Waals surface area contributed by atoms with Crippen molar-refractivity contribution in [2.24, 2.45) is 5.16 Å². The van der Waals surface area contributed by atoms with Gasteiger partial charge in [0.2, 0.25) is 0 Å². The predicted octanol–water partition coefficient (Wildman–Crippen LogP) is 3.20. The Morgan fingerprint density at radius 3 is 2.82 bits per heavy atom. The molecule has 0 aromatic heterocycles. The van der Waals surface area contributed by atoms with E-state index in [0.717, 1.165) is 5.56 Å². The van der Waals surface area contributed by atoms with Crippen LogP contribution in [0.2, 0.25) is 5.02 Å². The number of nitrogens with one attached hydrogen (secondary N) is 1. The Balaban J connectivity index is 1.80. The number of amides is 1. The minimum atomic E-state index is -0.358. The standard InChI is InChI=1S/C16H12ClN3O2/c17-14-6-4-12(5-7-14)10-19-22-11-16(21)20-15-3-1-2-13(8-15)9-18/h1-8,10H,11H2,(H,20,21)/b19-10-. The highest BCUT2D eigenvalue weighted by Crippen LogP contribution is 2.10. The average molecular weight is 314 g/mol. The third kappa shape index (κ3) is 4.93. The molecule has 0 fully saturated rings. The highest BCUT2D eigenvalue weighted by atomic mass is 35.5. The molecule has 110 valence electrons. The van der Waals surface area contributed by atoms with Gasteiger partial charge >= 0.3 is 0 Å². The van der Waals surface area contributed by atoms with E-state index >= 15 is 0 Å². The van der Waals surface area contributed by atoms with E-state index in [9.17, 15) is 4.79 Å². The highest BCUT2D eigenvalue weighted by molar-refractivity contribution is 6.30. The molecule has 0 atom stereocenters.